The molecule has 0 amide bonds. The first kappa shape index (κ1) is 15.5. The molecule has 1 aliphatic rings. The normalized spacial score (nSPS) is 18.3. The van der Waals surface area contributed by atoms with E-state index in [-0.39, 0.29) is 11.9 Å². The summed E-state index contributed by atoms with van der Waals surface area (Å²) in [7, 11) is 0. The Kier molecular flexibility index (Phi) is 5.08. The van der Waals surface area contributed by atoms with E-state index in [1.165, 1.54) is 6.07 Å². The van der Waals surface area contributed by atoms with E-state index in [0.717, 1.165) is 30.8 Å². The molecule has 22 heavy (non-hydrogen) atoms. The van der Waals surface area contributed by atoms with Gasteiger partial charge < -0.3 is 14.7 Å². The van der Waals surface area contributed by atoms with E-state index < -0.39 is 6.10 Å². The van der Waals surface area contributed by atoms with Gasteiger partial charge in [-0.25, -0.2) is 4.39 Å². The number of hydrogen-bond acceptors (Lipinski definition) is 4. The summed E-state index contributed by atoms with van der Waals surface area (Å²) in [6, 6.07) is 10.5. The van der Waals surface area contributed by atoms with Crippen LogP contribution >= 0.6 is 11.3 Å². The van der Waals surface area contributed by atoms with Gasteiger partial charge in [-0.2, -0.15) is 0 Å². The quantitative estimate of drug-likeness (QED) is 0.915. The molecule has 0 aliphatic carbocycles. The molecule has 1 saturated heterocycles. The van der Waals surface area contributed by atoms with Crippen LogP contribution in [0.2, 0.25) is 0 Å². The van der Waals surface area contributed by atoms with Crippen LogP contribution < -0.4 is 4.74 Å². The first-order chi connectivity index (χ1) is 10.7. The largest absolute Gasteiger partial charge is 0.487 e. The number of aliphatic hydroxyl groups is 1. The Hall–Kier alpha value is -1.43. The summed E-state index contributed by atoms with van der Waals surface area (Å²) < 4.78 is 19.3. The number of nitrogens with zero attached hydrogens (tertiary/aromatic N) is 1. The molecule has 0 bridgehead atoms. The molecule has 1 aromatic carbocycles. The lowest BCUT2D eigenvalue weighted by Crippen LogP contribution is -2.40. The van der Waals surface area contributed by atoms with Crippen LogP contribution in [0, 0.1) is 5.82 Å². The van der Waals surface area contributed by atoms with E-state index in [4.69, 9.17) is 4.74 Å². The molecule has 118 valence electrons. The van der Waals surface area contributed by atoms with Crippen molar-refractivity contribution in [2.75, 3.05) is 19.6 Å². The van der Waals surface area contributed by atoms with Crippen LogP contribution in [0.3, 0.4) is 0 Å². The fourth-order valence-electron chi connectivity index (χ4n) is 2.74. The third kappa shape index (κ3) is 3.85. The first-order valence-electron chi connectivity index (χ1n) is 7.57. The highest BCUT2D eigenvalue weighted by Crippen LogP contribution is 2.24. The maximum atomic E-state index is 13.6. The summed E-state index contributed by atoms with van der Waals surface area (Å²) in [5, 5.41) is 12.2. The highest BCUT2D eigenvalue weighted by Gasteiger charge is 2.23. The van der Waals surface area contributed by atoms with Gasteiger partial charge >= 0.3 is 0 Å². The van der Waals surface area contributed by atoms with Gasteiger partial charge in [0.05, 0.1) is 0 Å². The van der Waals surface area contributed by atoms with E-state index in [2.05, 4.69) is 4.90 Å². The summed E-state index contributed by atoms with van der Waals surface area (Å²) in [5.74, 6) is 0.0256. The maximum Gasteiger partial charge on any atom is 0.165 e. The minimum Gasteiger partial charge on any atom is -0.487 e. The molecule has 1 N–H and O–H groups in total. The van der Waals surface area contributed by atoms with Gasteiger partial charge in [-0.3, -0.25) is 0 Å². The van der Waals surface area contributed by atoms with Gasteiger partial charge in [0.15, 0.2) is 11.6 Å². The summed E-state index contributed by atoms with van der Waals surface area (Å²) in [6.45, 7) is 2.37. The second kappa shape index (κ2) is 7.22. The lowest BCUT2D eigenvalue weighted by atomic mass is 10.1. The number of benzene rings is 1. The van der Waals surface area contributed by atoms with Crippen molar-refractivity contribution in [3.8, 4) is 5.75 Å². The van der Waals surface area contributed by atoms with Crippen molar-refractivity contribution >= 4 is 11.3 Å². The molecule has 0 saturated carbocycles. The van der Waals surface area contributed by atoms with E-state index in [1.807, 2.05) is 17.5 Å². The smallest absolute Gasteiger partial charge is 0.165 e. The molecular weight excluding hydrogens is 301 g/mol. The van der Waals surface area contributed by atoms with Crippen molar-refractivity contribution in [1.82, 2.24) is 4.90 Å². The van der Waals surface area contributed by atoms with Crippen LogP contribution in [-0.2, 0) is 0 Å². The summed E-state index contributed by atoms with van der Waals surface area (Å²) in [4.78, 5) is 3.25. The van der Waals surface area contributed by atoms with Crippen molar-refractivity contribution in [2.45, 2.75) is 25.0 Å². The second-order valence-electron chi connectivity index (χ2n) is 5.58. The maximum absolute atomic E-state index is 13.6. The first-order valence-corrected chi connectivity index (χ1v) is 8.45. The van der Waals surface area contributed by atoms with E-state index in [9.17, 15) is 9.50 Å². The molecule has 0 radical (unpaired) electrons. The van der Waals surface area contributed by atoms with Crippen molar-refractivity contribution in [1.29, 1.82) is 0 Å². The van der Waals surface area contributed by atoms with Crippen LogP contribution in [-0.4, -0.2) is 35.7 Å². The minimum absolute atomic E-state index is 0.0482. The number of halogens is 1. The topological polar surface area (TPSA) is 32.7 Å². The van der Waals surface area contributed by atoms with E-state index in [0.29, 0.717) is 12.3 Å². The highest BCUT2D eigenvalue weighted by atomic mass is 32.1. The molecule has 0 spiro atoms. The monoisotopic (exact) mass is 321 g/mol. The predicted molar refractivity (Wildman–Crippen MR) is 85.8 cm³/mol. The Morgan fingerprint density at radius 1 is 1.23 bits per heavy atom. The number of aliphatic hydroxyl groups excluding tert-OH is 1. The standard InChI is InChI=1S/C17H20FNO2S/c18-14-4-1-2-5-16(14)21-13-7-9-19(10-8-13)12-15(20)17-6-3-11-22-17/h1-6,11,13,15,20H,7-10,12H2/t15-/m0/s1. The molecule has 1 aliphatic heterocycles. The van der Waals surface area contributed by atoms with Crippen molar-refractivity contribution in [3.63, 3.8) is 0 Å². The Morgan fingerprint density at radius 3 is 2.68 bits per heavy atom. The van der Waals surface area contributed by atoms with Gasteiger partial charge in [-0.15, -0.1) is 11.3 Å². The molecule has 1 aromatic heterocycles. The zero-order valence-electron chi connectivity index (χ0n) is 12.3. The Labute approximate surface area is 134 Å². The fourth-order valence-corrected chi connectivity index (χ4v) is 3.45. The van der Waals surface area contributed by atoms with Gasteiger partial charge in [0.1, 0.15) is 12.2 Å². The van der Waals surface area contributed by atoms with Crippen molar-refractivity contribution in [3.05, 3.63) is 52.5 Å². The third-order valence-electron chi connectivity index (χ3n) is 3.97. The Balaban J connectivity index is 1.47. The second-order valence-corrected chi connectivity index (χ2v) is 6.56. The lowest BCUT2D eigenvalue weighted by Gasteiger charge is -2.33. The molecule has 3 rings (SSSR count). The molecule has 0 unspecified atom stereocenters. The number of rotatable bonds is 5. The third-order valence-corrected chi connectivity index (χ3v) is 4.94. The number of likely N-dealkylation sites (tertiary alicyclic amines) is 1. The van der Waals surface area contributed by atoms with Crippen LogP contribution in [0.15, 0.2) is 41.8 Å². The SMILES string of the molecule is O[C@@H](CN1CCC(Oc2ccccc2F)CC1)c1cccs1. The Bertz CT molecular complexity index is 582. The number of piperidine rings is 1. The number of para-hydroxylation sites is 1. The Morgan fingerprint density at radius 2 is 2.00 bits per heavy atom. The van der Waals surface area contributed by atoms with E-state index >= 15 is 0 Å². The number of β-amino-alcohol motifs (C(OH)–C–C–N with tert-alkyl or cyclic N) is 1. The van der Waals surface area contributed by atoms with Crippen LogP contribution in [0.25, 0.3) is 0 Å². The molecule has 2 heterocycles. The van der Waals surface area contributed by atoms with Crippen molar-refractivity contribution in [2.24, 2.45) is 0 Å². The number of thiophene rings is 1. The van der Waals surface area contributed by atoms with Gasteiger partial charge in [0.25, 0.3) is 0 Å². The minimum atomic E-state index is -0.427. The average molecular weight is 321 g/mol. The zero-order valence-corrected chi connectivity index (χ0v) is 13.1. The van der Waals surface area contributed by atoms with Gasteiger partial charge in [-0.05, 0) is 36.4 Å². The fraction of sp³-hybridized carbons (Fsp3) is 0.412. The average Bonchev–Trinajstić information content (AvgIpc) is 3.06. The molecular formula is C17H20FNO2S. The zero-order chi connectivity index (χ0) is 15.4. The summed E-state index contributed by atoms with van der Waals surface area (Å²) in [5.41, 5.74) is 0. The molecule has 3 nitrogen and oxygen atoms in total. The molecule has 2 aromatic rings. The van der Waals surface area contributed by atoms with Crippen LogP contribution in [0.4, 0.5) is 4.39 Å². The summed E-state index contributed by atoms with van der Waals surface area (Å²) >= 11 is 1.58. The number of ether oxygens (including phenoxy) is 1. The van der Waals surface area contributed by atoms with Crippen molar-refractivity contribution < 1.29 is 14.2 Å². The summed E-state index contributed by atoms with van der Waals surface area (Å²) in [6.07, 6.45) is 1.33. The van der Waals surface area contributed by atoms with Gasteiger partial charge in [0, 0.05) is 24.5 Å². The molecule has 1 fully saturated rings. The lowest BCUT2D eigenvalue weighted by molar-refractivity contribution is 0.0607. The van der Waals surface area contributed by atoms with Crippen LogP contribution in [0.1, 0.15) is 23.8 Å². The highest BCUT2D eigenvalue weighted by molar-refractivity contribution is 7.10. The number of hydrogen-bond donors (Lipinski definition) is 1. The van der Waals surface area contributed by atoms with E-state index in [1.54, 1.807) is 29.5 Å². The molecule has 5 heteroatoms. The van der Waals surface area contributed by atoms with Crippen LogP contribution in [0.5, 0.6) is 5.75 Å². The molecule has 1 atom stereocenters. The predicted octanol–water partition coefficient (Wildman–Crippen LogP) is 3.46. The van der Waals surface area contributed by atoms with Gasteiger partial charge in [0.2, 0.25) is 0 Å². The van der Waals surface area contributed by atoms with Gasteiger partial charge in [-0.1, -0.05) is 18.2 Å².